The number of aryl methyl sites for hydroxylation is 1. The number of nitrogens with one attached hydrogen (secondary N) is 1. The highest BCUT2D eigenvalue weighted by molar-refractivity contribution is 5.90. The third kappa shape index (κ3) is 6.14. The maximum atomic E-state index is 14.0. The van der Waals surface area contributed by atoms with Crippen LogP contribution in [0.15, 0.2) is 72.8 Å². The summed E-state index contributed by atoms with van der Waals surface area (Å²) in [6.07, 6.45) is 0.670. The maximum absolute atomic E-state index is 14.0. The molecule has 1 saturated heterocycles. The minimum absolute atomic E-state index is 0.196. The van der Waals surface area contributed by atoms with Crippen molar-refractivity contribution < 1.29 is 18.7 Å². The summed E-state index contributed by atoms with van der Waals surface area (Å²) in [5.41, 5.74) is 4.25. The topological polar surface area (TPSA) is 79.8 Å². The van der Waals surface area contributed by atoms with Crippen LogP contribution in [0.5, 0.6) is 11.5 Å². The summed E-state index contributed by atoms with van der Waals surface area (Å²) in [7, 11) is 3.14. The Labute approximate surface area is 233 Å². The van der Waals surface area contributed by atoms with Crippen LogP contribution in [0.25, 0.3) is 11.4 Å². The first-order valence-electron chi connectivity index (χ1n) is 13.1. The molecule has 2 amide bonds. The average Bonchev–Trinajstić information content (AvgIpc) is 2.98. The Morgan fingerprint density at radius 2 is 1.60 bits per heavy atom. The van der Waals surface area contributed by atoms with Gasteiger partial charge in [0.2, 0.25) is 0 Å². The van der Waals surface area contributed by atoms with Gasteiger partial charge in [0, 0.05) is 73.3 Å². The van der Waals surface area contributed by atoms with E-state index in [0.717, 1.165) is 22.6 Å². The van der Waals surface area contributed by atoms with Gasteiger partial charge in [0.25, 0.3) is 0 Å². The second-order valence-electron chi connectivity index (χ2n) is 9.61. The first-order chi connectivity index (χ1) is 19.4. The number of piperazine rings is 1. The lowest BCUT2D eigenvalue weighted by molar-refractivity contribution is 0.208. The summed E-state index contributed by atoms with van der Waals surface area (Å²) in [6.45, 7) is 4.18. The zero-order valence-corrected chi connectivity index (χ0v) is 22.9. The van der Waals surface area contributed by atoms with Gasteiger partial charge < -0.3 is 24.6 Å². The lowest BCUT2D eigenvalue weighted by Gasteiger charge is -2.36. The number of halogens is 1. The lowest BCUT2D eigenvalue weighted by atomic mass is 10.0. The molecule has 40 heavy (non-hydrogen) atoms. The van der Waals surface area contributed by atoms with Gasteiger partial charge in [-0.15, -0.1) is 0 Å². The molecular weight excluding hydrogens is 509 g/mol. The number of amides is 2. The van der Waals surface area contributed by atoms with Gasteiger partial charge >= 0.3 is 6.03 Å². The Kier molecular flexibility index (Phi) is 8.10. The fourth-order valence-corrected chi connectivity index (χ4v) is 4.81. The third-order valence-electron chi connectivity index (χ3n) is 6.97. The van der Waals surface area contributed by atoms with Crippen molar-refractivity contribution in [1.82, 2.24) is 14.9 Å². The monoisotopic (exact) mass is 541 g/mol. The molecular formula is C31H32FN5O3. The highest BCUT2D eigenvalue weighted by atomic mass is 19.1. The molecule has 2 heterocycles. The number of benzene rings is 3. The van der Waals surface area contributed by atoms with Crippen molar-refractivity contribution in [1.29, 1.82) is 0 Å². The van der Waals surface area contributed by atoms with Gasteiger partial charge in [-0.25, -0.2) is 19.2 Å². The van der Waals surface area contributed by atoms with Crippen molar-refractivity contribution in [3.8, 4) is 22.9 Å². The molecule has 1 aliphatic heterocycles. The van der Waals surface area contributed by atoms with E-state index in [2.05, 4.69) is 22.3 Å². The minimum atomic E-state index is -0.332. The fraction of sp³-hybridized carbons (Fsp3) is 0.258. The molecule has 0 saturated carbocycles. The highest BCUT2D eigenvalue weighted by Gasteiger charge is 2.26. The van der Waals surface area contributed by atoms with Crippen LogP contribution in [0.3, 0.4) is 0 Å². The van der Waals surface area contributed by atoms with Gasteiger partial charge in [0.15, 0.2) is 5.82 Å². The molecule has 8 nitrogen and oxygen atoms in total. The van der Waals surface area contributed by atoms with Crippen LogP contribution < -0.4 is 19.7 Å². The number of hydrogen-bond acceptors (Lipinski definition) is 6. The lowest BCUT2D eigenvalue weighted by Crippen LogP contribution is -2.50. The van der Waals surface area contributed by atoms with Crippen LogP contribution in [-0.2, 0) is 6.42 Å². The molecule has 0 bridgehead atoms. The summed E-state index contributed by atoms with van der Waals surface area (Å²) in [6, 6.07) is 21.6. The SMILES string of the molecule is COc1cc(NC(=O)N2CCN(c3nc(-c4cccc(F)c4)nc(C)c3Cc3ccccc3)CC2)cc(OC)c1. The van der Waals surface area contributed by atoms with E-state index in [-0.39, 0.29) is 11.8 Å². The van der Waals surface area contributed by atoms with Crippen LogP contribution in [0, 0.1) is 12.7 Å². The molecule has 4 aromatic rings. The predicted molar refractivity (Wildman–Crippen MR) is 154 cm³/mol. The van der Waals surface area contributed by atoms with Crippen LogP contribution in [0.1, 0.15) is 16.8 Å². The third-order valence-corrected chi connectivity index (χ3v) is 6.97. The number of aromatic nitrogens is 2. The molecule has 1 aromatic heterocycles. The molecule has 0 atom stereocenters. The van der Waals surface area contributed by atoms with E-state index >= 15 is 0 Å². The number of carbonyl (C=O) groups excluding carboxylic acids is 1. The molecule has 3 aromatic carbocycles. The number of nitrogens with zero attached hydrogens (tertiary/aromatic N) is 4. The molecule has 206 valence electrons. The number of anilines is 2. The second-order valence-corrected chi connectivity index (χ2v) is 9.61. The zero-order chi connectivity index (χ0) is 28.1. The summed E-state index contributed by atoms with van der Waals surface area (Å²) < 4.78 is 24.6. The van der Waals surface area contributed by atoms with Crippen molar-refractivity contribution in [2.24, 2.45) is 0 Å². The van der Waals surface area contributed by atoms with Crippen molar-refractivity contribution >= 4 is 17.5 Å². The quantitative estimate of drug-likeness (QED) is 0.330. The van der Waals surface area contributed by atoms with E-state index in [1.54, 1.807) is 43.4 Å². The highest BCUT2D eigenvalue weighted by Crippen LogP contribution is 2.29. The maximum Gasteiger partial charge on any atom is 0.321 e. The van der Waals surface area contributed by atoms with Gasteiger partial charge in [0.1, 0.15) is 23.1 Å². The molecule has 1 N–H and O–H groups in total. The van der Waals surface area contributed by atoms with E-state index < -0.39 is 0 Å². The normalized spacial score (nSPS) is 13.2. The van der Waals surface area contributed by atoms with Crippen LogP contribution in [0.4, 0.5) is 20.7 Å². The molecule has 1 fully saturated rings. The van der Waals surface area contributed by atoms with Crippen molar-refractivity contribution in [3.63, 3.8) is 0 Å². The Morgan fingerprint density at radius 3 is 2.25 bits per heavy atom. The summed E-state index contributed by atoms with van der Waals surface area (Å²) in [4.78, 5) is 26.8. The van der Waals surface area contributed by atoms with E-state index in [1.807, 2.05) is 31.2 Å². The van der Waals surface area contributed by atoms with E-state index in [0.29, 0.717) is 61.2 Å². The molecule has 0 radical (unpaired) electrons. The van der Waals surface area contributed by atoms with E-state index in [1.165, 1.54) is 12.1 Å². The standard InChI is InChI=1S/C31H32FN5O3/c1-21-28(16-22-8-5-4-6-9-22)30(35-29(33-21)23-10-7-11-24(32)17-23)36-12-14-37(15-13-36)31(38)34-25-18-26(39-2)20-27(19-25)40-3/h4-11,17-20H,12-16H2,1-3H3,(H,34,38). The Bertz CT molecular complexity index is 1470. The summed E-state index contributed by atoms with van der Waals surface area (Å²) in [5, 5.41) is 2.95. The first-order valence-corrected chi connectivity index (χ1v) is 13.1. The number of urea groups is 1. The van der Waals surface area contributed by atoms with Crippen LogP contribution in [0.2, 0.25) is 0 Å². The molecule has 0 spiro atoms. The van der Waals surface area contributed by atoms with E-state index in [9.17, 15) is 9.18 Å². The summed E-state index contributed by atoms with van der Waals surface area (Å²) >= 11 is 0. The van der Waals surface area contributed by atoms with Gasteiger partial charge in [-0.1, -0.05) is 42.5 Å². The first kappa shape index (κ1) is 26.9. The summed E-state index contributed by atoms with van der Waals surface area (Å²) in [5.74, 6) is 2.16. The Balaban J connectivity index is 1.37. The van der Waals surface area contributed by atoms with Crippen molar-refractivity contribution in [2.75, 3.05) is 50.6 Å². The molecule has 0 unspecified atom stereocenters. The molecule has 1 aliphatic rings. The smallest absolute Gasteiger partial charge is 0.321 e. The van der Waals surface area contributed by atoms with Gasteiger partial charge in [-0.3, -0.25) is 0 Å². The van der Waals surface area contributed by atoms with Gasteiger partial charge in [-0.2, -0.15) is 0 Å². The van der Waals surface area contributed by atoms with Crippen molar-refractivity contribution in [2.45, 2.75) is 13.3 Å². The van der Waals surface area contributed by atoms with Crippen molar-refractivity contribution in [3.05, 3.63) is 95.4 Å². The molecule has 5 rings (SSSR count). The molecule has 0 aliphatic carbocycles. The van der Waals surface area contributed by atoms with E-state index in [4.69, 9.17) is 19.4 Å². The number of ether oxygens (including phenoxy) is 2. The molecule has 9 heteroatoms. The van der Waals surface area contributed by atoms with Crippen LogP contribution in [-0.4, -0.2) is 61.3 Å². The number of hydrogen-bond donors (Lipinski definition) is 1. The largest absolute Gasteiger partial charge is 0.497 e. The predicted octanol–water partition coefficient (Wildman–Crippen LogP) is 5.55. The Hall–Kier alpha value is -4.66. The number of rotatable bonds is 7. The minimum Gasteiger partial charge on any atom is -0.497 e. The Morgan fingerprint density at radius 1 is 0.900 bits per heavy atom. The average molecular weight is 542 g/mol. The zero-order valence-electron chi connectivity index (χ0n) is 22.9. The van der Waals surface area contributed by atoms with Crippen LogP contribution >= 0.6 is 0 Å². The van der Waals surface area contributed by atoms with Gasteiger partial charge in [-0.05, 0) is 24.6 Å². The fourth-order valence-electron chi connectivity index (χ4n) is 4.81. The van der Waals surface area contributed by atoms with Gasteiger partial charge in [0.05, 0.1) is 14.2 Å². The second kappa shape index (κ2) is 12.0. The number of methoxy groups -OCH3 is 2. The number of carbonyl (C=O) groups is 1.